The Kier molecular flexibility index (Phi) is 8.17. The van der Waals surface area contributed by atoms with E-state index in [1.54, 1.807) is 0 Å². The first-order chi connectivity index (χ1) is 17.7. The van der Waals surface area contributed by atoms with Crippen LogP contribution >= 0.6 is 0 Å². The number of hydrogen-bond acceptors (Lipinski definition) is 7. The predicted octanol–water partition coefficient (Wildman–Crippen LogP) is 2.80. The second-order valence-electron chi connectivity index (χ2n) is 9.11. The number of nitrogens with zero attached hydrogens (tertiary/aromatic N) is 4. The molecule has 0 saturated carbocycles. The number of aromatic nitrogens is 2. The first-order valence-corrected chi connectivity index (χ1v) is 12.5. The molecule has 2 aliphatic heterocycles. The molecule has 1 amide bonds. The molecule has 2 bridgehead atoms. The van der Waals surface area contributed by atoms with Crippen LogP contribution in [-0.4, -0.2) is 84.9 Å². The summed E-state index contributed by atoms with van der Waals surface area (Å²) in [7, 11) is 0. The number of ether oxygens (including phenoxy) is 3. The van der Waals surface area contributed by atoms with Gasteiger partial charge in [-0.2, -0.15) is 0 Å². The van der Waals surface area contributed by atoms with Gasteiger partial charge < -0.3 is 19.1 Å². The average Bonchev–Trinajstić information content (AvgIpc) is 2.92. The molecule has 188 valence electrons. The highest BCUT2D eigenvalue weighted by Gasteiger charge is 2.20. The number of carbonyl (C=O) groups excluding carboxylic acids is 1. The molecule has 2 aliphatic rings. The Labute approximate surface area is 211 Å². The molecule has 0 N–H and O–H groups in total. The third kappa shape index (κ3) is 6.46. The molecule has 1 aromatic heterocycles. The van der Waals surface area contributed by atoms with E-state index in [1.807, 2.05) is 29.4 Å². The monoisotopic (exact) mass is 488 g/mol. The van der Waals surface area contributed by atoms with Gasteiger partial charge in [-0.25, -0.2) is 9.97 Å². The van der Waals surface area contributed by atoms with Gasteiger partial charge in [0.2, 0.25) is 5.91 Å². The first-order valence-electron chi connectivity index (χ1n) is 12.5. The van der Waals surface area contributed by atoms with E-state index in [0.29, 0.717) is 65.8 Å². The Morgan fingerprint density at radius 2 is 1.61 bits per heavy atom. The van der Waals surface area contributed by atoms with Crippen molar-refractivity contribution < 1.29 is 19.0 Å². The van der Waals surface area contributed by atoms with Gasteiger partial charge in [0, 0.05) is 50.6 Å². The van der Waals surface area contributed by atoms with Gasteiger partial charge in [0.25, 0.3) is 0 Å². The molecule has 1 saturated heterocycles. The normalized spacial score (nSPS) is 17.5. The molecule has 2 aromatic carbocycles. The summed E-state index contributed by atoms with van der Waals surface area (Å²) >= 11 is 0. The summed E-state index contributed by atoms with van der Waals surface area (Å²) in [5, 5.41) is 0. The van der Waals surface area contributed by atoms with Gasteiger partial charge in [-0.3, -0.25) is 9.69 Å². The topological polar surface area (TPSA) is 77.0 Å². The summed E-state index contributed by atoms with van der Waals surface area (Å²) in [5.74, 6) is 1.00. The number of benzene rings is 2. The van der Waals surface area contributed by atoms with Crippen LogP contribution in [0.5, 0.6) is 5.75 Å². The van der Waals surface area contributed by atoms with Crippen molar-refractivity contribution in [2.75, 3.05) is 59.2 Å². The summed E-state index contributed by atoms with van der Waals surface area (Å²) < 4.78 is 17.4. The predicted molar refractivity (Wildman–Crippen MR) is 136 cm³/mol. The largest absolute Gasteiger partial charge is 0.491 e. The maximum absolute atomic E-state index is 12.9. The second kappa shape index (κ2) is 12.1. The lowest BCUT2D eigenvalue weighted by molar-refractivity contribution is -0.136. The summed E-state index contributed by atoms with van der Waals surface area (Å²) in [6.07, 6.45) is 5.91. The fourth-order valence-electron chi connectivity index (χ4n) is 4.63. The molecule has 0 atom stereocenters. The molecule has 3 heterocycles. The van der Waals surface area contributed by atoms with Crippen molar-refractivity contribution in [3.63, 3.8) is 0 Å². The molecular weight excluding hydrogens is 456 g/mol. The lowest BCUT2D eigenvalue weighted by atomic mass is 9.98. The van der Waals surface area contributed by atoms with E-state index in [2.05, 4.69) is 45.2 Å². The van der Waals surface area contributed by atoms with Crippen molar-refractivity contribution in [3.8, 4) is 16.9 Å². The van der Waals surface area contributed by atoms with Crippen LogP contribution in [0.1, 0.15) is 16.7 Å². The van der Waals surface area contributed by atoms with Gasteiger partial charge in [-0.1, -0.05) is 30.3 Å². The van der Waals surface area contributed by atoms with Gasteiger partial charge in [-0.05, 0) is 34.4 Å². The van der Waals surface area contributed by atoms with Crippen molar-refractivity contribution in [2.45, 2.75) is 13.0 Å². The zero-order chi connectivity index (χ0) is 24.6. The summed E-state index contributed by atoms with van der Waals surface area (Å²) in [4.78, 5) is 25.3. The molecular formula is C28H32N4O4. The second-order valence-corrected chi connectivity index (χ2v) is 9.11. The maximum atomic E-state index is 12.9. The fraction of sp³-hybridized carbons (Fsp3) is 0.393. The van der Waals surface area contributed by atoms with Gasteiger partial charge in [0.15, 0.2) is 0 Å². The highest BCUT2D eigenvalue weighted by Crippen LogP contribution is 2.28. The van der Waals surface area contributed by atoms with Gasteiger partial charge in [-0.15, -0.1) is 0 Å². The van der Waals surface area contributed by atoms with Crippen molar-refractivity contribution in [1.82, 2.24) is 19.8 Å². The molecule has 8 nitrogen and oxygen atoms in total. The highest BCUT2D eigenvalue weighted by atomic mass is 16.5. The van der Waals surface area contributed by atoms with Crippen LogP contribution in [0.2, 0.25) is 0 Å². The van der Waals surface area contributed by atoms with E-state index in [-0.39, 0.29) is 5.91 Å². The van der Waals surface area contributed by atoms with E-state index in [9.17, 15) is 4.79 Å². The zero-order valence-electron chi connectivity index (χ0n) is 20.5. The number of fused-ring (bicyclic) bond motifs is 3. The highest BCUT2D eigenvalue weighted by molar-refractivity contribution is 5.78. The van der Waals surface area contributed by atoms with E-state index >= 15 is 0 Å². The Morgan fingerprint density at radius 3 is 2.47 bits per heavy atom. The van der Waals surface area contributed by atoms with Crippen LogP contribution in [0.4, 0.5) is 0 Å². The van der Waals surface area contributed by atoms with E-state index in [0.717, 1.165) is 28.9 Å². The van der Waals surface area contributed by atoms with Gasteiger partial charge >= 0.3 is 0 Å². The molecule has 8 heteroatoms. The number of amides is 1. The number of rotatable bonds is 3. The van der Waals surface area contributed by atoms with Crippen LogP contribution < -0.4 is 4.74 Å². The van der Waals surface area contributed by atoms with Crippen LogP contribution in [0, 0.1) is 0 Å². The van der Waals surface area contributed by atoms with Crippen molar-refractivity contribution in [3.05, 3.63) is 77.9 Å². The fourth-order valence-corrected chi connectivity index (χ4v) is 4.63. The average molecular weight is 489 g/mol. The standard InChI is InChI=1S/C28H32N4O4/c33-28(32-7-10-34-11-8-32)20-31-6-9-35-12-13-36-27-5-4-24(26-17-29-21-30-18-26)16-25(27)15-22-2-1-3-23(14-22)19-31/h1-5,14,16-18,21H,6-13,15,19-20H2. The van der Waals surface area contributed by atoms with Crippen LogP contribution in [0.15, 0.2) is 61.2 Å². The lowest BCUT2D eigenvalue weighted by Gasteiger charge is -2.30. The molecule has 0 aliphatic carbocycles. The van der Waals surface area contributed by atoms with Crippen LogP contribution in [0.3, 0.4) is 0 Å². The Hall–Kier alpha value is -3.33. The van der Waals surface area contributed by atoms with Crippen molar-refractivity contribution >= 4 is 5.91 Å². The first kappa shape index (κ1) is 24.4. The SMILES string of the molecule is O=C(CN1CCOCCOc2ccc(-c3cncnc3)cc2Cc2cccc(c2)C1)N1CCOCC1. The molecule has 36 heavy (non-hydrogen) atoms. The molecule has 3 aromatic rings. The van der Waals surface area contributed by atoms with E-state index in [4.69, 9.17) is 14.2 Å². The van der Waals surface area contributed by atoms with Crippen molar-refractivity contribution in [2.24, 2.45) is 0 Å². The minimum absolute atomic E-state index is 0.144. The lowest BCUT2D eigenvalue weighted by Crippen LogP contribution is -2.46. The summed E-state index contributed by atoms with van der Waals surface area (Å²) in [6.45, 7) is 5.78. The third-order valence-corrected chi connectivity index (χ3v) is 6.51. The smallest absolute Gasteiger partial charge is 0.236 e. The van der Waals surface area contributed by atoms with E-state index in [1.165, 1.54) is 17.5 Å². The quantitative estimate of drug-likeness (QED) is 0.561. The number of carbonyl (C=O) groups is 1. The zero-order valence-corrected chi connectivity index (χ0v) is 20.5. The van der Waals surface area contributed by atoms with Gasteiger partial charge in [0.1, 0.15) is 18.7 Å². The minimum atomic E-state index is 0.144. The third-order valence-electron chi connectivity index (χ3n) is 6.51. The molecule has 0 radical (unpaired) electrons. The number of hydrogen-bond donors (Lipinski definition) is 0. The van der Waals surface area contributed by atoms with Crippen LogP contribution in [-0.2, 0) is 27.2 Å². The van der Waals surface area contributed by atoms with Crippen molar-refractivity contribution in [1.29, 1.82) is 0 Å². The minimum Gasteiger partial charge on any atom is -0.491 e. The summed E-state index contributed by atoms with van der Waals surface area (Å²) in [5.41, 5.74) is 5.50. The van der Waals surface area contributed by atoms with Crippen LogP contribution in [0.25, 0.3) is 11.1 Å². The van der Waals surface area contributed by atoms with E-state index < -0.39 is 0 Å². The van der Waals surface area contributed by atoms with Gasteiger partial charge in [0.05, 0.1) is 33.0 Å². The Bertz CT molecular complexity index is 1150. The molecule has 1 fully saturated rings. The molecule has 0 unspecified atom stereocenters. The molecule has 0 spiro atoms. The Balaban J connectivity index is 1.37. The molecule has 5 rings (SSSR count). The number of morpholine rings is 1. The Morgan fingerprint density at radius 1 is 0.833 bits per heavy atom. The maximum Gasteiger partial charge on any atom is 0.236 e. The summed E-state index contributed by atoms with van der Waals surface area (Å²) in [6, 6.07) is 14.8.